The molecule has 0 aliphatic heterocycles. The molecule has 11 aromatic carbocycles. The lowest BCUT2D eigenvalue weighted by atomic mass is 9.70. The summed E-state index contributed by atoms with van der Waals surface area (Å²) >= 11 is 0. The van der Waals surface area contributed by atoms with E-state index in [0.717, 1.165) is 39.0 Å². The second-order valence-corrected chi connectivity index (χ2v) is 19.0. The van der Waals surface area contributed by atoms with E-state index >= 15 is 0 Å². The number of anilines is 3. The van der Waals surface area contributed by atoms with Gasteiger partial charge in [-0.1, -0.05) is 206 Å². The van der Waals surface area contributed by atoms with E-state index in [0.29, 0.717) is 0 Å². The van der Waals surface area contributed by atoms with Crippen molar-refractivity contribution in [2.24, 2.45) is 0 Å². The van der Waals surface area contributed by atoms with Crippen LogP contribution in [-0.2, 0) is 10.8 Å². The Kier molecular flexibility index (Phi) is 6.98. The lowest BCUT2D eigenvalue weighted by Crippen LogP contribution is -2.26. The molecule has 0 atom stereocenters. The van der Waals surface area contributed by atoms with Crippen molar-refractivity contribution in [1.29, 1.82) is 0 Å². The topological polar surface area (TPSA) is 16.4 Å². The lowest BCUT2D eigenvalue weighted by Gasteiger charge is -2.33. The van der Waals surface area contributed by atoms with Gasteiger partial charge in [0.05, 0.1) is 22.2 Å². The zero-order chi connectivity index (χ0) is 44.3. The quantitative estimate of drug-likeness (QED) is 0.176. The van der Waals surface area contributed by atoms with Gasteiger partial charge in [0, 0.05) is 22.0 Å². The van der Waals surface area contributed by atoms with Gasteiger partial charge in [-0.3, -0.25) is 0 Å². The maximum atomic E-state index is 7.18. The number of hydrogen-bond donors (Lipinski definition) is 0. The first-order valence-corrected chi connectivity index (χ1v) is 23.8. The van der Waals surface area contributed by atoms with Crippen molar-refractivity contribution in [2.75, 3.05) is 4.90 Å². The molecule has 0 N–H and O–H groups in total. The highest BCUT2D eigenvalue weighted by Gasteiger charge is 2.54. The minimum atomic E-state index is -0.502. The summed E-state index contributed by atoms with van der Waals surface area (Å²) in [6.07, 6.45) is 0. The van der Waals surface area contributed by atoms with Crippen LogP contribution in [0.5, 0.6) is 0 Å². The fourth-order valence-electron chi connectivity index (χ4n) is 13.7. The number of hydrogen-bond acceptors (Lipinski definition) is 2. The van der Waals surface area contributed by atoms with Crippen molar-refractivity contribution < 1.29 is 4.42 Å². The zero-order valence-corrected chi connectivity index (χ0v) is 36.9. The maximum Gasteiger partial charge on any atom is 0.159 e. The molecule has 12 aromatic rings. The third-order valence-corrected chi connectivity index (χ3v) is 16.1. The average molecular weight is 862 g/mol. The Balaban J connectivity index is 1.03. The SMILES string of the molecule is c1ccc2c(c1)-c1ccccc1C21c2ccccc2-c2ccc(N(c3cccc4c3-c3ccccc3C43c4ccccc4-c4ccccc43)c3cccc4c3oc3ccc5ccccc5c34)cc21. The number of furan rings is 1. The summed E-state index contributed by atoms with van der Waals surface area (Å²) < 4.78 is 7.18. The van der Waals surface area contributed by atoms with Gasteiger partial charge in [0.25, 0.3) is 0 Å². The van der Waals surface area contributed by atoms with Gasteiger partial charge in [0.1, 0.15) is 5.58 Å². The van der Waals surface area contributed by atoms with Crippen LogP contribution in [0.1, 0.15) is 44.5 Å². The molecule has 0 amide bonds. The summed E-state index contributed by atoms with van der Waals surface area (Å²) in [4.78, 5) is 2.53. The van der Waals surface area contributed by atoms with E-state index in [-0.39, 0.29) is 0 Å². The highest BCUT2D eigenvalue weighted by molar-refractivity contribution is 6.21. The van der Waals surface area contributed by atoms with Crippen LogP contribution in [0, 0.1) is 0 Å². The molecule has 0 unspecified atom stereocenters. The van der Waals surface area contributed by atoms with Crippen LogP contribution in [0.3, 0.4) is 0 Å². The largest absolute Gasteiger partial charge is 0.454 e. The van der Waals surface area contributed by atoms with Crippen molar-refractivity contribution in [2.45, 2.75) is 10.8 Å². The number of rotatable bonds is 3. The predicted molar refractivity (Wildman–Crippen MR) is 279 cm³/mol. The van der Waals surface area contributed by atoms with Crippen LogP contribution in [-0.4, -0.2) is 0 Å². The minimum Gasteiger partial charge on any atom is -0.454 e. The smallest absolute Gasteiger partial charge is 0.159 e. The molecule has 68 heavy (non-hydrogen) atoms. The molecule has 0 fully saturated rings. The fourth-order valence-corrected chi connectivity index (χ4v) is 13.7. The van der Waals surface area contributed by atoms with Crippen molar-refractivity contribution in [3.63, 3.8) is 0 Å². The highest BCUT2D eigenvalue weighted by atomic mass is 16.3. The van der Waals surface area contributed by atoms with Gasteiger partial charge >= 0.3 is 0 Å². The standard InChI is InChI=1S/C66H39NO/c1-2-18-42-40(17-1)35-38-61-62(42)50-25-15-34-60(64(50)68-61)67(41-36-37-48-47-23-7-13-30-55(47)66(58(48)39-41)53-28-11-5-21-45(53)46-22-6-12-29-54(46)66)59-33-16-32-57-63(59)49-24-8-14-31-56(49)65(57)51-26-9-3-19-43(51)44-20-4-10-27-52(44)65/h1-39H. The van der Waals surface area contributed by atoms with Gasteiger partial charge in [0.2, 0.25) is 0 Å². The van der Waals surface area contributed by atoms with E-state index in [1.807, 2.05) is 0 Å². The molecule has 2 heteroatoms. The Morgan fingerprint density at radius 2 is 0.750 bits per heavy atom. The van der Waals surface area contributed by atoms with Crippen molar-refractivity contribution in [3.05, 3.63) is 281 Å². The summed E-state index contributed by atoms with van der Waals surface area (Å²) in [7, 11) is 0. The predicted octanol–water partition coefficient (Wildman–Crippen LogP) is 16.9. The third-order valence-electron chi connectivity index (χ3n) is 16.1. The highest BCUT2D eigenvalue weighted by Crippen LogP contribution is 2.66. The van der Waals surface area contributed by atoms with E-state index in [1.54, 1.807) is 0 Å². The first-order valence-electron chi connectivity index (χ1n) is 23.8. The Labute approximate surface area is 393 Å². The van der Waals surface area contributed by atoms with Crippen LogP contribution < -0.4 is 4.90 Å². The molecule has 4 aliphatic rings. The van der Waals surface area contributed by atoms with E-state index < -0.39 is 10.8 Å². The molecule has 2 spiro atoms. The molecule has 314 valence electrons. The van der Waals surface area contributed by atoms with Crippen molar-refractivity contribution in [1.82, 2.24) is 0 Å². The Morgan fingerprint density at radius 1 is 0.309 bits per heavy atom. The molecule has 0 bridgehead atoms. The van der Waals surface area contributed by atoms with Gasteiger partial charge in [-0.25, -0.2) is 0 Å². The van der Waals surface area contributed by atoms with Gasteiger partial charge in [-0.2, -0.15) is 0 Å². The fraction of sp³-hybridized carbons (Fsp3) is 0.0303. The van der Waals surface area contributed by atoms with E-state index in [4.69, 9.17) is 4.42 Å². The first kappa shape index (κ1) is 36.5. The molecule has 2 nitrogen and oxygen atoms in total. The average Bonchev–Trinajstić information content (AvgIpc) is 4.18. The molecular weight excluding hydrogens is 823 g/mol. The number of fused-ring (bicyclic) bond motifs is 25. The van der Waals surface area contributed by atoms with Crippen LogP contribution in [0.25, 0.3) is 77.2 Å². The van der Waals surface area contributed by atoms with Crippen LogP contribution in [0.4, 0.5) is 17.1 Å². The van der Waals surface area contributed by atoms with Crippen LogP contribution >= 0.6 is 0 Å². The Bertz CT molecular complexity index is 4080. The van der Waals surface area contributed by atoms with Gasteiger partial charge in [-0.15, -0.1) is 0 Å². The summed E-state index contributed by atoms with van der Waals surface area (Å²) in [5, 5.41) is 4.64. The van der Waals surface area contributed by atoms with E-state index in [2.05, 4.69) is 241 Å². The Morgan fingerprint density at radius 3 is 1.35 bits per heavy atom. The normalized spacial score (nSPS) is 14.4. The summed E-state index contributed by atoms with van der Waals surface area (Å²) in [5.41, 5.74) is 24.7. The van der Waals surface area contributed by atoms with E-state index in [9.17, 15) is 0 Å². The summed E-state index contributed by atoms with van der Waals surface area (Å²) in [6.45, 7) is 0. The molecule has 16 rings (SSSR count). The first-order chi connectivity index (χ1) is 33.8. The van der Waals surface area contributed by atoms with Gasteiger partial charge in [0.15, 0.2) is 5.58 Å². The minimum absolute atomic E-state index is 0.494. The molecule has 1 aromatic heterocycles. The maximum absolute atomic E-state index is 7.18. The molecule has 1 heterocycles. The molecule has 0 saturated heterocycles. The molecule has 0 radical (unpaired) electrons. The third kappa shape index (κ3) is 4.26. The number of nitrogens with zero attached hydrogens (tertiary/aromatic N) is 1. The van der Waals surface area contributed by atoms with Gasteiger partial charge < -0.3 is 9.32 Å². The lowest BCUT2D eigenvalue weighted by molar-refractivity contribution is 0.669. The van der Waals surface area contributed by atoms with Crippen LogP contribution in [0.15, 0.2) is 241 Å². The number of benzene rings is 11. The summed E-state index contributed by atoms with van der Waals surface area (Å²) in [6, 6.07) is 88.6. The van der Waals surface area contributed by atoms with Crippen molar-refractivity contribution >= 4 is 49.8 Å². The summed E-state index contributed by atoms with van der Waals surface area (Å²) in [5.74, 6) is 0. The van der Waals surface area contributed by atoms with Crippen molar-refractivity contribution in [3.8, 4) is 44.5 Å². The number of para-hydroxylation sites is 1. The van der Waals surface area contributed by atoms with E-state index in [1.165, 1.54) is 99.8 Å². The second-order valence-electron chi connectivity index (χ2n) is 19.0. The zero-order valence-electron chi connectivity index (χ0n) is 36.9. The molecule has 4 aliphatic carbocycles. The molecule has 0 saturated carbocycles. The van der Waals surface area contributed by atoms with Crippen LogP contribution in [0.2, 0.25) is 0 Å². The second kappa shape index (κ2) is 13.0. The van der Waals surface area contributed by atoms with Gasteiger partial charge in [-0.05, 0) is 125 Å². The Hall–Kier alpha value is -8.72. The monoisotopic (exact) mass is 861 g/mol. The molecular formula is C66H39NO.